The van der Waals surface area contributed by atoms with Crippen LogP contribution in [-0.2, 0) is 16.1 Å². The summed E-state index contributed by atoms with van der Waals surface area (Å²) in [5, 5.41) is 5.92. The summed E-state index contributed by atoms with van der Waals surface area (Å²) >= 11 is 0. The van der Waals surface area contributed by atoms with Gasteiger partial charge in [0.05, 0.1) is 6.04 Å². The molecule has 118 valence electrons. The van der Waals surface area contributed by atoms with Gasteiger partial charge in [0, 0.05) is 23.4 Å². The summed E-state index contributed by atoms with van der Waals surface area (Å²) in [5.41, 5.74) is 10.7. The number of benzene rings is 1. The maximum absolute atomic E-state index is 12.5. The number of fused-ring (bicyclic) bond motifs is 1. The quantitative estimate of drug-likeness (QED) is 0.397. The molecule has 23 heavy (non-hydrogen) atoms. The van der Waals surface area contributed by atoms with E-state index in [4.69, 9.17) is 5.53 Å². The van der Waals surface area contributed by atoms with E-state index < -0.39 is 11.9 Å². The second-order valence-corrected chi connectivity index (χ2v) is 5.70. The monoisotopic (exact) mass is 313 g/mol. The van der Waals surface area contributed by atoms with E-state index in [9.17, 15) is 14.4 Å². The van der Waals surface area contributed by atoms with Gasteiger partial charge in [-0.3, -0.25) is 19.7 Å². The third-order valence-electron chi connectivity index (χ3n) is 4.25. The van der Waals surface area contributed by atoms with Crippen LogP contribution in [0, 0.1) is 0 Å². The molecule has 0 aliphatic carbocycles. The fraction of sp³-hybridized carbons (Fsp3) is 0.400. The molecule has 0 radical (unpaired) electrons. The molecule has 2 aliphatic rings. The van der Waals surface area contributed by atoms with Crippen LogP contribution in [-0.4, -0.2) is 28.7 Å². The SMILES string of the molecule is CC(N=[N+]=[N-])c1ccc2c(c1)CN(C1CCC(=O)NC1=O)C2=O. The Morgan fingerprint density at radius 1 is 1.39 bits per heavy atom. The number of carbonyl (C=O) groups is 3. The highest BCUT2D eigenvalue weighted by Gasteiger charge is 2.39. The molecule has 8 nitrogen and oxygen atoms in total. The van der Waals surface area contributed by atoms with Crippen molar-refractivity contribution in [3.05, 3.63) is 45.3 Å². The lowest BCUT2D eigenvalue weighted by Crippen LogP contribution is -2.52. The van der Waals surface area contributed by atoms with Gasteiger partial charge < -0.3 is 4.90 Å². The summed E-state index contributed by atoms with van der Waals surface area (Å²) in [6.45, 7) is 2.09. The van der Waals surface area contributed by atoms with E-state index in [1.807, 2.05) is 6.07 Å². The maximum Gasteiger partial charge on any atom is 0.255 e. The van der Waals surface area contributed by atoms with Gasteiger partial charge in [0.1, 0.15) is 6.04 Å². The zero-order valence-corrected chi connectivity index (χ0v) is 12.5. The van der Waals surface area contributed by atoms with Gasteiger partial charge in [0.2, 0.25) is 11.8 Å². The summed E-state index contributed by atoms with van der Waals surface area (Å²) in [6, 6.07) is 4.33. The van der Waals surface area contributed by atoms with Gasteiger partial charge in [0.15, 0.2) is 0 Å². The number of rotatable bonds is 3. The van der Waals surface area contributed by atoms with Crippen molar-refractivity contribution in [2.75, 3.05) is 0 Å². The van der Waals surface area contributed by atoms with Crippen LogP contribution in [0.1, 0.15) is 47.3 Å². The van der Waals surface area contributed by atoms with Crippen LogP contribution in [0.3, 0.4) is 0 Å². The summed E-state index contributed by atoms with van der Waals surface area (Å²) in [6.07, 6.45) is 0.572. The third-order valence-corrected chi connectivity index (χ3v) is 4.25. The third kappa shape index (κ3) is 2.64. The van der Waals surface area contributed by atoms with E-state index >= 15 is 0 Å². The van der Waals surface area contributed by atoms with Crippen molar-refractivity contribution in [1.29, 1.82) is 0 Å². The Kier molecular flexibility index (Phi) is 3.75. The molecule has 8 heteroatoms. The Balaban J connectivity index is 1.85. The van der Waals surface area contributed by atoms with Crippen molar-refractivity contribution in [1.82, 2.24) is 10.2 Å². The molecule has 1 N–H and O–H groups in total. The number of azide groups is 1. The summed E-state index contributed by atoms with van der Waals surface area (Å²) in [7, 11) is 0. The number of piperidine rings is 1. The van der Waals surface area contributed by atoms with E-state index in [1.54, 1.807) is 19.1 Å². The maximum atomic E-state index is 12.5. The standard InChI is InChI=1S/C15H15N5O3/c1-8(18-19-16)9-2-3-11-10(6-9)7-20(15(11)23)12-4-5-13(21)17-14(12)22/h2-3,6,8,12H,4-5,7H2,1H3,(H,17,21,22). The van der Waals surface area contributed by atoms with Gasteiger partial charge in [0.25, 0.3) is 5.91 Å². The van der Waals surface area contributed by atoms with Gasteiger partial charge in [-0.25, -0.2) is 0 Å². The molecule has 1 aromatic carbocycles. The van der Waals surface area contributed by atoms with Crippen LogP contribution in [0.25, 0.3) is 10.4 Å². The highest BCUT2D eigenvalue weighted by atomic mass is 16.2. The van der Waals surface area contributed by atoms with Gasteiger partial charge in [-0.2, -0.15) is 0 Å². The number of hydrogen-bond acceptors (Lipinski definition) is 4. The normalized spacial score (nSPS) is 21.5. The topological polar surface area (TPSA) is 115 Å². The summed E-state index contributed by atoms with van der Waals surface area (Å²) in [4.78, 5) is 40.0. The number of nitrogens with zero attached hydrogens (tertiary/aromatic N) is 4. The lowest BCUT2D eigenvalue weighted by Gasteiger charge is -2.29. The zero-order chi connectivity index (χ0) is 16.6. The molecule has 2 atom stereocenters. The average Bonchev–Trinajstić information content (AvgIpc) is 2.84. The highest BCUT2D eigenvalue weighted by Crippen LogP contribution is 2.30. The molecule has 3 amide bonds. The Labute approximate surface area is 132 Å². The first-order valence-electron chi connectivity index (χ1n) is 7.33. The van der Waals surface area contributed by atoms with E-state index in [0.717, 1.165) is 11.1 Å². The Bertz CT molecular complexity index is 753. The fourth-order valence-corrected chi connectivity index (χ4v) is 3.00. The van der Waals surface area contributed by atoms with Crippen molar-refractivity contribution >= 4 is 17.7 Å². The number of nitrogens with one attached hydrogen (secondary N) is 1. The minimum atomic E-state index is -0.620. The molecule has 1 saturated heterocycles. The molecule has 1 aromatic rings. The van der Waals surface area contributed by atoms with Crippen LogP contribution >= 0.6 is 0 Å². The molecule has 1 fully saturated rings. The van der Waals surface area contributed by atoms with Crippen molar-refractivity contribution < 1.29 is 14.4 Å². The van der Waals surface area contributed by atoms with Gasteiger partial charge in [-0.15, -0.1) is 0 Å². The minimum absolute atomic E-state index is 0.211. The van der Waals surface area contributed by atoms with E-state index in [0.29, 0.717) is 18.5 Å². The number of amides is 3. The van der Waals surface area contributed by atoms with Gasteiger partial charge in [-0.05, 0) is 29.1 Å². The van der Waals surface area contributed by atoms with Gasteiger partial charge >= 0.3 is 0 Å². The Morgan fingerprint density at radius 2 is 2.17 bits per heavy atom. The predicted molar refractivity (Wildman–Crippen MR) is 80.0 cm³/mol. The van der Waals surface area contributed by atoms with Crippen molar-refractivity contribution in [2.24, 2.45) is 5.11 Å². The van der Waals surface area contributed by atoms with Crippen LogP contribution in [0.2, 0.25) is 0 Å². The van der Waals surface area contributed by atoms with Crippen LogP contribution in [0.5, 0.6) is 0 Å². The molecule has 0 aromatic heterocycles. The Morgan fingerprint density at radius 3 is 2.87 bits per heavy atom. The van der Waals surface area contributed by atoms with Gasteiger partial charge in [-0.1, -0.05) is 24.2 Å². The molecule has 2 heterocycles. The van der Waals surface area contributed by atoms with E-state index in [1.165, 1.54) is 4.90 Å². The molecule has 2 unspecified atom stereocenters. The Hall–Kier alpha value is -2.86. The summed E-state index contributed by atoms with van der Waals surface area (Å²) in [5.74, 6) is -0.941. The molecule has 2 aliphatic heterocycles. The largest absolute Gasteiger partial charge is 0.322 e. The van der Waals surface area contributed by atoms with Crippen molar-refractivity contribution in [3.63, 3.8) is 0 Å². The second-order valence-electron chi connectivity index (χ2n) is 5.70. The van der Waals surface area contributed by atoms with Crippen LogP contribution in [0.15, 0.2) is 23.3 Å². The van der Waals surface area contributed by atoms with Crippen LogP contribution < -0.4 is 5.32 Å². The lowest BCUT2D eigenvalue weighted by molar-refractivity contribution is -0.136. The van der Waals surface area contributed by atoms with Crippen molar-refractivity contribution in [2.45, 2.75) is 38.4 Å². The first-order valence-corrected chi connectivity index (χ1v) is 7.33. The summed E-state index contributed by atoms with van der Waals surface area (Å²) < 4.78 is 0. The average molecular weight is 313 g/mol. The molecule has 3 rings (SSSR count). The molecular weight excluding hydrogens is 298 g/mol. The van der Waals surface area contributed by atoms with E-state index in [-0.39, 0.29) is 24.3 Å². The minimum Gasteiger partial charge on any atom is -0.322 e. The first-order chi connectivity index (χ1) is 11.0. The molecule has 0 spiro atoms. The smallest absolute Gasteiger partial charge is 0.255 e. The van der Waals surface area contributed by atoms with E-state index in [2.05, 4.69) is 15.3 Å². The van der Waals surface area contributed by atoms with Crippen molar-refractivity contribution in [3.8, 4) is 0 Å². The van der Waals surface area contributed by atoms with Crippen LogP contribution in [0.4, 0.5) is 0 Å². The lowest BCUT2D eigenvalue weighted by atomic mass is 10.0. The first kappa shape index (κ1) is 15.1. The number of hydrogen-bond donors (Lipinski definition) is 1. The zero-order valence-electron chi connectivity index (χ0n) is 12.5. The number of carbonyl (C=O) groups excluding carboxylic acids is 3. The second kappa shape index (κ2) is 5.73. The highest BCUT2D eigenvalue weighted by molar-refractivity contribution is 6.05. The molecular formula is C15H15N5O3. The number of imide groups is 1. The molecule has 0 bridgehead atoms. The molecule has 0 saturated carbocycles. The predicted octanol–water partition coefficient (Wildman–Crippen LogP) is 1.82. The fourth-order valence-electron chi connectivity index (χ4n) is 3.00.